The summed E-state index contributed by atoms with van der Waals surface area (Å²) >= 11 is 0. The molecule has 1 amide bonds. The van der Waals surface area contributed by atoms with Crippen molar-refractivity contribution in [2.75, 3.05) is 26.1 Å². The normalized spacial score (nSPS) is 24.8. The Kier molecular flexibility index (Phi) is 3.46. The van der Waals surface area contributed by atoms with Crippen molar-refractivity contribution in [3.05, 3.63) is 53.6 Å². The Labute approximate surface area is 141 Å². The lowest BCUT2D eigenvalue weighted by Crippen LogP contribution is -2.39. The number of anilines is 1. The molecule has 2 aromatic carbocycles. The zero-order chi connectivity index (χ0) is 16.7. The van der Waals surface area contributed by atoms with Gasteiger partial charge in [-0.25, -0.2) is 0 Å². The fourth-order valence-corrected chi connectivity index (χ4v) is 4.04. The van der Waals surface area contributed by atoms with Gasteiger partial charge in [0, 0.05) is 17.3 Å². The summed E-state index contributed by atoms with van der Waals surface area (Å²) < 4.78 is 10.9. The van der Waals surface area contributed by atoms with Crippen LogP contribution < -0.4 is 20.1 Å². The number of para-hydroxylation sites is 1. The minimum atomic E-state index is -0.599. The number of nitrogens with one attached hydrogen (secondary N) is 2. The number of methoxy groups -OCH3 is 2. The number of hydrogen-bond acceptors (Lipinski definition) is 4. The van der Waals surface area contributed by atoms with E-state index in [4.69, 9.17) is 9.47 Å². The first kappa shape index (κ1) is 15.0. The first-order chi connectivity index (χ1) is 11.7. The third-order valence-corrected chi connectivity index (χ3v) is 5.17. The summed E-state index contributed by atoms with van der Waals surface area (Å²) in [6.07, 6.45) is 0.760. The summed E-state index contributed by atoms with van der Waals surface area (Å²) in [4.78, 5) is 12.9. The third kappa shape index (κ3) is 1.94. The lowest BCUT2D eigenvalue weighted by molar-refractivity contribution is -0.121. The molecule has 2 N–H and O–H groups in total. The van der Waals surface area contributed by atoms with Crippen molar-refractivity contribution in [2.24, 2.45) is 0 Å². The number of ether oxygens (including phenoxy) is 2. The highest BCUT2D eigenvalue weighted by molar-refractivity contribution is 6.07. The highest BCUT2D eigenvalue weighted by Gasteiger charge is 2.55. The first-order valence-electron chi connectivity index (χ1n) is 8.07. The Bertz CT molecular complexity index is 805. The molecule has 2 aliphatic rings. The molecule has 5 nitrogen and oxygen atoms in total. The van der Waals surface area contributed by atoms with Crippen molar-refractivity contribution in [3.63, 3.8) is 0 Å². The summed E-state index contributed by atoms with van der Waals surface area (Å²) in [5.41, 5.74) is 2.34. The summed E-state index contributed by atoms with van der Waals surface area (Å²) in [6.45, 7) is 0.779. The van der Waals surface area contributed by atoms with Gasteiger partial charge in [0.1, 0.15) is 11.5 Å². The maximum Gasteiger partial charge on any atom is 0.237 e. The summed E-state index contributed by atoms with van der Waals surface area (Å²) in [5, 5.41) is 6.55. The Morgan fingerprint density at radius 3 is 2.75 bits per heavy atom. The molecule has 0 radical (unpaired) electrons. The number of amides is 1. The molecule has 0 unspecified atom stereocenters. The predicted octanol–water partition coefficient (Wildman–Crippen LogP) is 2.63. The minimum absolute atomic E-state index is 0.0524. The van der Waals surface area contributed by atoms with Gasteiger partial charge in [-0.15, -0.1) is 0 Å². The van der Waals surface area contributed by atoms with Crippen LogP contribution in [0.2, 0.25) is 0 Å². The third-order valence-electron chi connectivity index (χ3n) is 5.17. The molecule has 2 atom stereocenters. The number of fused-ring (bicyclic) bond motifs is 2. The second kappa shape index (κ2) is 5.53. The van der Waals surface area contributed by atoms with Crippen LogP contribution in [0.1, 0.15) is 23.6 Å². The number of carbonyl (C=O) groups excluding carboxylic acids is 1. The van der Waals surface area contributed by atoms with Gasteiger partial charge in [0.15, 0.2) is 0 Å². The number of benzene rings is 2. The smallest absolute Gasteiger partial charge is 0.237 e. The molecule has 0 saturated carbocycles. The van der Waals surface area contributed by atoms with Crippen LogP contribution in [0.5, 0.6) is 11.5 Å². The molecular weight excluding hydrogens is 304 g/mol. The molecule has 1 saturated heterocycles. The summed E-state index contributed by atoms with van der Waals surface area (Å²) in [6, 6.07) is 13.6. The predicted molar refractivity (Wildman–Crippen MR) is 91.7 cm³/mol. The number of carbonyl (C=O) groups is 1. The van der Waals surface area contributed by atoms with Gasteiger partial charge in [0.05, 0.1) is 25.7 Å². The van der Waals surface area contributed by atoms with Crippen molar-refractivity contribution < 1.29 is 14.3 Å². The lowest BCUT2D eigenvalue weighted by atomic mass is 9.72. The van der Waals surface area contributed by atoms with Gasteiger partial charge < -0.3 is 20.1 Å². The lowest BCUT2D eigenvalue weighted by Gasteiger charge is -2.30. The molecular formula is C19H20N2O3. The van der Waals surface area contributed by atoms with Crippen LogP contribution in [0, 0.1) is 0 Å². The topological polar surface area (TPSA) is 59.6 Å². The van der Waals surface area contributed by atoms with Gasteiger partial charge in [-0.05, 0) is 30.7 Å². The minimum Gasteiger partial charge on any atom is -0.497 e. The Hall–Kier alpha value is -2.53. The Morgan fingerprint density at radius 2 is 1.96 bits per heavy atom. The molecule has 5 heteroatoms. The van der Waals surface area contributed by atoms with Crippen LogP contribution in [0.25, 0.3) is 0 Å². The quantitative estimate of drug-likeness (QED) is 0.911. The molecule has 24 heavy (non-hydrogen) atoms. The zero-order valence-electron chi connectivity index (χ0n) is 13.8. The zero-order valence-corrected chi connectivity index (χ0v) is 13.8. The van der Waals surface area contributed by atoms with E-state index in [1.165, 1.54) is 0 Å². The van der Waals surface area contributed by atoms with Crippen molar-refractivity contribution >= 4 is 11.6 Å². The number of hydrogen-bond donors (Lipinski definition) is 2. The van der Waals surface area contributed by atoms with E-state index in [2.05, 4.69) is 10.6 Å². The van der Waals surface area contributed by atoms with Crippen LogP contribution in [0.3, 0.4) is 0 Å². The standard InChI is InChI=1S/C19H20N2O3/c1-23-12-7-8-13(16(11-12)24-2)17-19(9-10-20-17)14-5-3-4-6-15(14)21-18(19)22/h3-8,11,17,20H,9-10H2,1-2H3,(H,21,22)/t17-,19-/m0/s1. The fraction of sp³-hybridized carbons (Fsp3) is 0.316. The van der Waals surface area contributed by atoms with Gasteiger partial charge in [0.25, 0.3) is 0 Å². The number of rotatable bonds is 3. The molecule has 124 valence electrons. The van der Waals surface area contributed by atoms with E-state index >= 15 is 0 Å². The van der Waals surface area contributed by atoms with Crippen molar-refractivity contribution in [3.8, 4) is 11.5 Å². The van der Waals surface area contributed by atoms with Crippen LogP contribution >= 0.6 is 0 Å². The molecule has 2 heterocycles. The Balaban J connectivity index is 1.86. The summed E-state index contributed by atoms with van der Waals surface area (Å²) in [5.74, 6) is 1.51. The van der Waals surface area contributed by atoms with E-state index in [9.17, 15) is 4.79 Å². The highest BCUT2D eigenvalue weighted by atomic mass is 16.5. The van der Waals surface area contributed by atoms with Crippen LogP contribution in [-0.4, -0.2) is 26.7 Å². The molecule has 2 aromatic rings. The maximum absolute atomic E-state index is 12.9. The molecule has 2 aliphatic heterocycles. The molecule has 0 bridgehead atoms. The molecule has 0 aliphatic carbocycles. The second-order valence-corrected chi connectivity index (χ2v) is 6.22. The Morgan fingerprint density at radius 1 is 1.12 bits per heavy atom. The average Bonchev–Trinajstić information content (AvgIpc) is 3.18. The molecule has 0 aromatic heterocycles. The monoisotopic (exact) mass is 324 g/mol. The molecule has 4 rings (SSSR count). The van der Waals surface area contributed by atoms with Gasteiger partial charge in [-0.2, -0.15) is 0 Å². The SMILES string of the molecule is COc1ccc([C@@H]2NCC[C@@]23C(=O)Nc2ccccc23)c(OC)c1. The summed E-state index contributed by atoms with van der Waals surface area (Å²) in [7, 11) is 3.27. The van der Waals surface area contributed by atoms with Gasteiger partial charge in [-0.3, -0.25) is 4.79 Å². The van der Waals surface area contributed by atoms with E-state index in [0.717, 1.165) is 41.3 Å². The average molecular weight is 324 g/mol. The van der Waals surface area contributed by atoms with Crippen LogP contribution in [0.15, 0.2) is 42.5 Å². The van der Waals surface area contributed by atoms with Gasteiger partial charge in [0.2, 0.25) is 5.91 Å². The highest BCUT2D eigenvalue weighted by Crippen LogP contribution is 2.52. The van der Waals surface area contributed by atoms with Gasteiger partial charge in [-0.1, -0.05) is 24.3 Å². The molecule has 1 spiro atoms. The van der Waals surface area contributed by atoms with Crippen LogP contribution in [-0.2, 0) is 10.2 Å². The van der Waals surface area contributed by atoms with Crippen molar-refractivity contribution in [1.82, 2.24) is 5.32 Å². The van der Waals surface area contributed by atoms with E-state index in [-0.39, 0.29) is 11.9 Å². The van der Waals surface area contributed by atoms with Gasteiger partial charge >= 0.3 is 0 Å². The van der Waals surface area contributed by atoms with E-state index in [0.29, 0.717) is 0 Å². The molecule has 1 fully saturated rings. The van der Waals surface area contributed by atoms with Crippen molar-refractivity contribution in [1.29, 1.82) is 0 Å². The second-order valence-electron chi connectivity index (χ2n) is 6.22. The first-order valence-corrected chi connectivity index (χ1v) is 8.07. The van der Waals surface area contributed by atoms with Crippen LogP contribution in [0.4, 0.5) is 5.69 Å². The largest absolute Gasteiger partial charge is 0.497 e. The maximum atomic E-state index is 12.9. The van der Waals surface area contributed by atoms with Crippen molar-refractivity contribution in [2.45, 2.75) is 17.9 Å². The van der Waals surface area contributed by atoms with E-state index in [1.807, 2.05) is 42.5 Å². The van der Waals surface area contributed by atoms with E-state index < -0.39 is 5.41 Å². The van der Waals surface area contributed by atoms with E-state index in [1.54, 1.807) is 14.2 Å². The fourth-order valence-electron chi connectivity index (χ4n) is 4.04.